The fourth-order valence-corrected chi connectivity index (χ4v) is 3.79. The van der Waals surface area contributed by atoms with Crippen molar-refractivity contribution >= 4 is 5.91 Å². The van der Waals surface area contributed by atoms with Crippen molar-refractivity contribution in [2.24, 2.45) is 11.7 Å². The fraction of sp³-hybridized carbons (Fsp3) is 0.474. The van der Waals surface area contributed by atoms with Crippen LogP contribution >= 0.6 is 0 Å². The highest BCUT2D eigenvalue weighted by Gasteiger charge is 2.33. The van der Waals surface area contributed by atoms with Crippen molar-refractivity contribution in [2.45, 2.75) is 51.2 Å². The summed E-state index contributed by atoms with van der Waals surface area (Å²) in [4.78, 5) is 11.7. The van der Waals surface area contributed by atoms with Crippen LogP contribution in [-0.2, 0) is 12.7 Å². The number of amides is 1. The van der Waals surface area contributed by atoms with E-state index in [1.165, 1.54) is 6.07 Å². The van der Waals surface area contributed by atoms with Gasteiger partial charge in [-0.1, -0.05) is 6.07 Å². The first-order valence-corrected chi connectivity index (χ1v) is 8.75. The highest BCUT2D eigenvalue weighted by molar-refractivity contribution is 5.94. The summed E-state index contributed by atoms with van der Waals surface area (Å²) in [6, 6.07) is 5.31. The number of nitrogens with two attached hydrogens (primary N) is 1. The van der Waals surface area contributed by atoms with E-state index in [-0.39, 0.29) is 11.5 Å². The predicted molar refractivity (Wildman–Crippen MR) is 91.6 cm³/mol. The molecule has 0 bridgehead atoms. The molecule has 0 unspecified atom stereocenters. The van der Waals surface area contributed by atoms with E-state index in [9.17, 15) is 18.0 Å². The smallest absolute Gasteiger partial charge is 0.366 e. The molecule has 1 aliphatic carbocycles. The molecule has 26 heavy (non-hydrogen) atoms. The van der Waals surface area contributed by atoms with E-state index >= 15 is 0 Å². The van der Waals surface area contributed by atoms with Gasteiger partial charge in [0.15, 0.2) is 0 Å². The van der Waals surface area contributed by atoms with Crippen LogP contribution in [0.4, 0.5) is 13.2 Å². The maximum absolute atomic E-state index is 12.9. The molecule has 1 heterocycles. The Bertz CT molecular complexity index is 790. The zero-order chi connectivity index (χ0) is 18.9. The second-order valence-corrected chi connectivity index (χ2v) is 7.06. The molecule has 4 nitrogen and oxygen atoms in total. The van der Waals surface area contributed by atoms with Gasteiger partial charge in [0.1, 0.15) is 0 Å². The van der Waals surface area contributed by atoms with E-state index in [0.717, 1.165) is 50.1 Å². The minimum absolute atomic E-state index is 0.00836. The van der Waals surface area contributed by atoms with E-state index < -0.39 is 17.6 Å². The van der Waals surface area contributed by atoms with E-state index in [2.05, 4.69) is 5.10 Å². The Morgan fingerprint density at radius 3 is 2.46 bits per heavy atom. The summed E-state index contributed by atoms with van der Waals surface area (Å²) < 4.78 is 40.7. The van der Waals surface area contributed by atoms with Gasteiger partial charge in [-0.25, -0.2) is 0 Å². The minimum atomic E-state index is -4.48. The summed E-state index contributed by atoms with van der Waals surface area (Å²) in [5.41, 5.74) is 6.12. The Morgan fingerprint density at radius 1 is 1.23 bits per heavy atom. The second kappa shape index (κ2) is 7.13. The van der Waals surface area contributed by atoms with E-state index in [4.69, 9.17) is 5.73 Å². The Balaban J connectivity index is 1.71. The third-order valence-electron chi connectivity index (χ3n) is 5.15. The average molecular weight is 365 g/mol. The van der Waals surface area contributed by atoms with Gasteiger partial charge in [0.2, 0.25) is 5.91 Å². The lowest BCUT2D eigenvalue weighted by molar-refractivity contribution is -0.137. The molecule has 0 spiro atoms. The molecule has 0 radical (unpaired) electrons. The molecule has 7 heteroatoms. The molecule has 3 rings (SSSR count). The van der Waals surface area contributed by atoms with Crippen LogP contribution in [0.15, 0.2) is 30.5 Å². The van der Waals surface area contributed by atoms with Crippen molar-refractivity contribution in [1.82, 2.24) is 9.78 Å². The second-order valence-electron chi connectivity index (χ2n) is 7.06. The third kappa shape index (κ3) is 4.08. The van der Waals surface area contributed by atoms with E-state index in [1.807, 2.05) is 23.9 Å². The van der Waals surface area contributed by atoms with Gasteiger partial charge in [-0.05, 0) is 68.2 Å². The van der Waals surface area contributed by atoms with Crippen LogP contribution < -0.4 is 5.73 Å². The monoisotopic (exact) mass is 365 g/mol. The molecule has 0 atom stereocenters. The molecular formula is C19H22F3N3O. The van der Waals surface area contributed by atoms with E-state index in [0.29, 0.717) is 11.5 Å². The van der Waals surface area contributed by atoms with Crippen LogP contribution in [0.5, 0.6) is 0 Å². The molecule has 1 fully saturated rings. The summed E-state index contributed by atoms with van der Waals surface area (Å²) in [5.74, 6) is -0.257. The van der Waals surface area contributed by atoms with Gasteiger partial charge in [0.25, 0.3) is 0 Å². The predicted octanol–water partition coefficient (Wildman–Crippen LogP) is 4.28. The number of primary amides is 1. The lowest BCUT2D eigenvalue weighted by atomic mass is 9.77. The minimum Gasteiger partial charge on any atom is -0.366 e. The van der Waals surface area contributed by atoms with Gasteiger partial charge in [0, 0.05) is 18.3 Å². The van der Waals surface area contributed by atoms with Crippen LogP contribution in [0.25, 0.3) is 0 Å². The molecule has 1 amide bonds. The lowest BCUT2D eigenvalue weighted by Gasteiger charge is -2.30. The van der Waals surface area contributed by atoms with Gasteiger partial charge in [-0.2, -0.15) is 18.3 Å². The maximum Gasteiger partial charge on any atom is 0.416 e. The summed E-state index contributed by atoms with van der Waals surface area (Å²) in [6.45, 7) is 2.79. The Labute approximate surface area is 150 Å². The number of benzene rings is 1. The van der Waals surface area contributed by atoms with Gasteiger partial charge < -0.3 is 5.73 Å². The van der Waals surface area contributed by atoms with Gasteiger partial charge >= 0.3 is 6.18 Å². The first-order chi connectivity index (χ1) is 12.2. The van der Waals surface area contributed by atoms with Crippen molar-refractivity contribution in [2.75, 3.05) is 0 Å². The van der Waals surface area contributed by atoms with Gasteiger partial charge in [0.05, 0.1) is 11.3 Å². The number of hydrogen-bond donors (Lipinski definition) is 1. The number of rotatable bonds is 4. The molecule has 2 N–H and O–H groups in total. The summed E-state index contributed by atoms with van der Waals surface area (Å²) in [6.07, 6.45) is 1.03. The molecule has 1 aliphatic rings. The lowest BCUT2D eigenvalue weighted by Crippen LogP contribution is -2.22. The molecule has 1 aromatic carbocycles. The Morgan fingerprint density at radius 2 is 1.92 bits per heavy atom. The van der Waals surface area contributed by atoms with Crippen molar-refractivity contribution < 1.29 is 18.0 Å². The largest absolute Gasteiger partial charge is 0.416 e. The first-order valence-electron chi connectivity index (χ1n) is 8.75. The highest BCUT2D eigenvalue weighted by atomic mass is 19.4. The van der Waals surface area contributed by atoms with Gasteiger partial charge in [-0.3, -0.25) is 9.48 Å². The summed E-state index contributed by atoms with van der Waals surface area (Å²) >= 11 is 0. The molecule has 2 aromatic rings. The van der Waals surface area contributed by atoms with Gasteiger partial charge in [-0.15, -0.1) is 0 Å². The molecular weight excluding hydrogens is 343 g/mol. The van der Waals surface area contributed by atoms with Crippen LogP contribution in [-0.4, -0.2) is 15.7 Å². The highest BCUT2D eigenvalue weighted by Crippen LogP contribution is 2.39. The Hall–Kier alpha value is -2.31. The number of carbonyl (C=O) groups is 1. The molecule has 140 valence electrons. The molecule has 1 saturated carbocycles. The summed E-state index contributed by atoms with van der Waals surface area (Å²) in [5, 5.41) is 4.40. The van der Waals surface area contributed by atoms with E-state index in [1.54, 1.807) is 0 Å². The SMILES string of the molecule is Cc1ccn(C[C@H]2CC[C@H](c3ccc(C(F)(F)F)cc3C(N)=O)CC2)n1. The normalized spacial score (nSPS) is 20.9. The van der Waals surface area contributed by atoms with Crippen LogP contribution in [0.1, 0.15) is 58.8 Å². The number of hydrogen-bond acceptors (Lipinski definition) is 2. The van der Waals surface area contributed by atoms with Crippen LogP contribution in [0, 0.1) is 12.8 Å². The number of aryl methyl sites for hydroxylation is 1. The van der Waals surface area contributed by atoms with Crippen LogP contribution in [0.3, 0.4) is 0 Å². The number of nitrogens with zero attached hydrogens (tertiary/aromatic N) is 2. The van der Waals surface area contributed by atoms with Crippen molar-refractivity contribution in [3.8, 4) is 0 Å². The van der Waals surface area contributed by atoms with Crippen molar-refractivity contribution in [3.05, 3.63) is 52.8 Å². The third-order valence-corrected chi connectivity index (χ3v) is 5.15. The van der Waals surface area contributed by atoms with Crippen molar-refractivity contribution in [1.29, 1.82) is 0 Å². The Kier molecular flexibility index (Phi) is 5.07. The zero-order valence-electron chi connectivity index (χ0n) is 14.6. The quantitative estimate of drug-likeness (QED) is 0.879. The average Bonchev–Trinajstić information content (AvgIpc) is 2.99. The number of carbonyl (C=O) groups excluding carboxylic acids is 1. The zero-order valence-corrected chi connectivity index (χ0v) is 14.6. The van der Waals surface area contributed by atoms with Crippen molar-refractivity contribution in [3.63, 3.8) is 0 Å². The molecule has 0 aliphatic heterocycles. The molecule has 1 aromatic heterocycles. The fourth-order valence-electron chi connectivity index (χ4n) is 3.79. The summed E-state index contributed by atoms with van der Waals surface area (Å²) in [7, 11) is 0. The molecule has 0 saturated heterocycles. The van der Waals surface area contributed by atoms with Crippen LogP contribution in [0.2, 0.25) is 0 Å². The number of aromatic nitrogens is 2. The number of alkyl halides is 3. The topological polar surface area (TPSA) is 60.9 Å². The first kappa shape index (κ1) is 18.5. The standard InChI is InChI=1S/C19H22F3N3O/c1-12-8-9-25(24-12)11-13-2-4-14(5-3-13)16-7-6-15(19(20,21)22)10-17(16)18(23)26/h6-10,13-14H,2-5,11H2,1H3,(H2,23,26)/t13-,14-. The number of halogens is 3. The maximum atomic E-state index is 12.9.